The second-order valence-electron chi connectivity index (χ2n) is 4.57. The van der Waals surface area contributed by atoms with Gasteiger partial charge in [-0.1, -0.05) is 0 Å². The van der Waals surface area contributed by atoms with E-state index >= 15 is 0 Å². The molecule has 0 aliphatic rings. The molecule has 1 aromatic heterocycles. The lowest BCUT2D eigenvalue weighted by Gasteiger charge is -2.14. The fourth-order valence-corrected chi connectivity index (χ4v) is 3.11. The number of halogens is 1. The molecule has 2 aromatic rings. The van der Waals surface area contributed by atoms with Crippen molar-refractivity contribution in [3.8, 4) is 0 Å². The number of nitrogens with one attached hydrogen (secondary N) is 1. The Labute approximate surface area is 126 Å². The number of nitrogens with zero attached hydrogens (tertiary/aromatic N) is 1. The summed E-state index contributed by atoms with van der Waals surface area (Å²) in [4.78, 5) is 14.4. The van der Waals surface area contributed by atoms with Gasteiger partial charge in [-0.3, -0.25) is 4.98 Å². The van der Waals surface area contributed by atoms with Crippen molar-refractivity contribution < 1.29 is 22.7 Å². The summed E-state index contributed by atoms with van der Waals surface area (Å²) < 4.78 is 40.3. The fraction of sp³-hybridized carbons (Fsp3) is 0.143. The smallest absolute Gasteiger partial charge is 0.338 e. The van der Waals surface area contributed by atoms with Gasteiger partial charge in [-0.05, 0) is 42.8 Å². The molecule has 1 aromatic carbocycles. The lowest BCUT2D eigenvalue weighted by atomic mass is 10.1. The van der Waals surface area contributed by atoms with Gasteiger partial charge in [0.25, 0.3) is 0 Å². The quantitative estimate of drug-likeness (QED) is 0.876. The van der Waals surface area contributed by atoms with Crippen molar-refractivity contribution in [1.82, 2.24) is 9.71 Å². The monoisotopic (exact) mass is 324 g/mol. The number of hydrogen-bond donors (Lipinski definition) is 2. The van der Waals surface area contributed by atoms with E-state index in [2.05, 4.69) is 9.71 Å². The number of carboxylic acids is 1. The topological polar surface area (TPSA) is 96.4 Å². The van der Waals surface area contributed by atoms with Gasteiger partial charge in [-0.15, -0.1) is 0 Å². The van der Waals surface area contributed by atoms with E-state index in [-0.39, 0.29) is 4.90 Å². The van der Waals surface area contributed by atoms with Crippen LogP contribution in [0.15, 0.2) is 47.6 Å². The summed E-state index contributed by atoms with van der Waals surface area (Å²) in [6, 6.07) is 5.38. The first-order chi connectivity index (χ1) is 10.3. The predicted octanol–water partition coefficient (Wildman–Crippen LogP) is 1.96. The van der Waals surface area contributed by atoms with Crippen molar-refractivity contribution >= 4 is 16.0 Å². The van der Waals surface area contributed by atoms with Gasteiger partial charge in [0.2, 0.25) is 10.0 Å². The van der Waals surface area contributed by atoms with E-state index in [1.165, 1.54) is 12.4 Å². The molecule has 0 radical (unpaired) electrons. The molecular formula is C14H13FN2O4S. The Kier molecular flexibility index (Phi) is 4.53. The second kappa shape index (κ2) is 6.20. The third-order valence-corrected chi connectivity index (χ3v) is 4.55. The van der Waals surface area contributed by atoms with Crippen LogP contribution >= 0.6 is 0 Å². The highest BCUT2D eigenvalue weighted by molar-refractivity contribution is 7.89. The molecule has 0 bridgehead atoms. The average molecular weight is 324 g/mol. The number of sulfonamides is 1. The Bertz CT molecular complexity index is 794. The van der Waals surface area contributed by atoms with Gasteiger partial charge in [-0.2, -0.15) is 0 Å². The molecule has 0 amide bonds. The van der Waals surface area contributed by atoms with E-state index in [1.54, 1.807) is 19.1 Å². The van der Waals surface area contributed by atoms with Crippen molar-refractivity contribution in [3.63, 3.8) is 0 Å². The van der Waals surface area contributed by atoms with Gasteiger partial charge in [0.15, 0.2) is 0 Å². The van der Waals surface area contributed by atoms with Gasteiger partial charge >= 0.3 is 5.97 Å². The normalized spacial score (nSPS) is 12.8. The molecule has 8 heteroatoms. The SMILES string of the molecule is CC(NS(=O)(=O)c1ccc(F)c(C(=O)O)c1)c1ccncc1. The zero-order valence-corrected chi connectivity index (χ0v) is 12.3. The number of aromatic carboxylic acids is 1. The third kappa shape index (κ3) is 3.46. The highest BCUT2D eigenvalue weighted by atomic mass is 32.2. The summed E-state index contributed by atoms with van der Waals surface area (Å²) >= 11 is 0. The molecule has 6 nitrogen and oxygen atoms in total. The zero-order valence-electron chi connectivity index (χ0n) is 11.5. The Hall–Kier alpha value is -2.32. The summed E-state index contributed by atoms with van der Waals surface area (Å²) in [6.07, 6.45) is 3.06. The molecule has 2 N–H and O–H groups in total. The summed E-state index contributed by atoms with van der Waals surface area (Å²) in [5.74, 6) is -2.52. The zero-order chi connectivity index (χ0) is 16.3. The number of pyridine rings is 1. The molecule has 1 atom stereocenters. The first kappa shape index (κ1) is 16.1. The molecule has 0 fully saturated rings. The van der Waals surface area contributed by atoms with Crippen LogP contribution in [0.1, 0.15) is 28.9 Å². The third-order valence-electron chi connectivity index (χ3n) is 3.02. The first-order valence-electron chi connectivity index (χ1n) is 6.26. The minimum absolute atomic E-state index is 0.313. The highest BCUT2D eigenvalue weighted by Gasteiger charge is 2.21. The van der Waals surface area contributed by atoms with Gasteiger partial charge in [0, 0.05) is 18.4 Å². The van der Waals surface area contributed by atoms with E-state index < -0.39 is 33.4 Å². The van der Waals surface area contributed by atoms with Crippen molar-refractivity contribution in [3.05, 3.63) is 59.7 Å². The summed E-state index contributed by atoms with van der Waals surface area (Å²) in [7, 11) is -3.98. The molecule has 0 saturated carbocycles. The van der Waals surface area contributed by atoms with Crippen LogP contribution in [-0.2, 0) is 10.0 Å². The number of benzene rings is 1. The highest BCUT2D eigenvalue weighted by Crippen LogP contribution is 2.19. The Morgan fingerprint density at radius 3 is 2.50 bits per heavy atom. The second-order valence-corrected chi connectivity index (χ2v) is 6.28. The van der Waals surface area contributed by atoms with Crippen LogP contribution in [0.3, 0.4) is 0 Å². The first-order valence-corrected chi connectivity index (χ1v) is 7.74. The predicted molar refractivity (Wildman–Crippen MR) is 76.3 cm³/mol. The molecule has 0 aliphatic carbocycles. The van der Waals surface area contributed by atoms with Gasteiger partial charge < -0.3 is 5.11 Å². The fourth-order valence-electron chi connectivity index (χ4n) is 1.86. The Morgan fingerprint density at radius 2 is 1.91 bits per heavy atom. The largest absolute Gasteiger partial charge is 0.478 e. The van der Waals surface area contributed by atoms with Crippen molar-refractivity contribution in [2.24, 2.45) is 0 Å². The van der Waals surface area contributed by atoms with E-state index in [4.69, 9.17) is 5.11 Å². The number of aromatic nitrogens is 1. The number of rotatable bonds is 5. The molecule has 2 rings (SSSR count). The molecule has 1 heterocycles. The maximum absolute atomic E-state index is 13.3. The molecule has 116 valence electrons. The summed E-state index contributed by atoms with van der Waals surface area (Å²) in [5, 5.41) is 8.85. The van der Waals surface area contributed by atoms with Gasteiger partial charge in [-0.25, -0.2) is 22.3 Å². The van der Waals surface area contributed by atoms with E-state index in [9.17, 15) is 17.6 Å². The molecule has 1 unspecified atom stereocenters. The van der Waals surface area contributed by atoms with Crippen molar-refractivity contribution in [2.75, 3.05) is 0 Å². The van der Waals surface area contributed by atoms with Crippen LogP contribution in [0.4, 0.5) is 4.39 Å². The minimum atomic E-state index is -3.98. The maximum atomic E-state index is 13.3. The average Bonchev–Trinajstić information content (AvgIpc) is 2.47. The molecule has 0 aliphatic heterocycles. The van der Waals surface area contributed by atoms with Crippen LogP contribution in [-0.4, -0.2) is 24.5 Å². The van der Waals surface area contributed by atoms with Crippen molar-refractivity contribution in [2.45, 2.75) is 17.9 Å². The number of carbonyl (C=O) groups is 1. The van der Waals surface area contributed by atoms with Crippen LogP contribution in [0.25, 0.3) is 0 Å². The molecule has 0 spiro atoms. The summed E-state index contributed by atoms with van der Waals surface area (Å²) in [6.45, 7) is 1.63. The molecule has 22 heavy (non-hydrogen) atoms. The lowest BCUT2D eigenvalue weighted by molar-refractivity contribution is 0.0691. The summed E-state index contributed by atoms with van der Waals surface area (Å²) in [5.41, 5.74) is -0.00131. The van der Waals surface area contributed by atoms with Crippen molar-refractivity contribution in [1.29, 1.82) is 0 Å². The Balaban J connectivity index is 2.31. The van der Waals surface area contributed by atoms with Gasteiger partial charge in [0.05, 0.1) is 10.5 Å². The van der Waals surface area contributed by atoms with E-state index in [1.807, 2.05) is 0 Å². The molecule has 0 saturated heterocycles. The minimum Gasteiger partial charge on any atom is -0.478 e. The Morgan fingerprint density at radius 1 is 1.27 bits per heavy atom. The lowest BCUT2D eigenvalue weighted by Crippen LogP contribution is -2.27. The van der Waals surface area contributed by atoms with Crippen LogP contribution in [0, 0.1) is 5.82 Å². The number of carboxylic acid groups (broad SMARTS) is 1. The van der Waals surface area contributed by atoms with Gasteiger partial charge in [0.1, 0.15) is 5.82 Å². The molecular weight excluding hydrogens is 311 g/mol. The van der Waals surface area contributed by atoms with E-state index in [0.717, 1.165) is 18.2 Å². The van der Waals surface area contributed by atoms with Crippen LogP contribution < -0.4 is 4.72 Å². The maximum Gasteiger partial charge on any atom is 0.338 e. The van der Waals surface area contributed by atoms with E-state index in [0.29, 0.717) is 5.56 Å². The number of hydrogen-bond acceptors (Lipinski definition) is 4. The van der Waals surface area contributed by atoms with Crippen LogP contribution in [0.2, 0.25) is 0 Å². The van der Waals surface area contributed by atoms with Crippen LogP contribution in [0.5, 0.6) is 0 Å². The standard InChI is InChI=1S/C14H13FN2O4S/c1-9(10-4-6-16-7-5-10)17-22(20,21)11-2-3-13(15)12(8-11)14(18)19/h2-9,17H,1H3,(H,18,19).